The van der Waals surface area contributed by atoms with Crippen molar-refractivity contribution >= 4 is 77.5 Å². The van der Waals surface area contributed by atoms with Crippen molar-refractivity contribution < 1.29 is 0 Å². The SMILES string of the molecule is CC(C)(C)c1ccc(N)c(-c2ccccc2)c1.CC1(C)C=C(Br)c2cc3c(cc21)C(C)(C)CCC3(C)C.Cc1cc(Cl)cc(N2c3ccc(C(C)(C)C)cc3C3(C)CCCCC23C)c1.Cc1cc(N(C2=CC(C)(C)c3cc4c(cc32)C(C)(C)CCC4(C)C)c2ccc(C(C)(C)C)cc2-c2ccccc2)cc(N2c3ccc(C(C)(C)C)cc3C3(C)CCCCC23C)c1. The highest BCUT2D eigenvalue weighted by Gasteiger charge is 2.60. The molecule has 0 spiro atoms. The number of nitrogen functional groups attached to an aromatic ring is 1. The number of nitrogens with zero attached hydrogens (tertiary/aromatic N) is 3. The van der Waals surface area contributed by atoms with Gasteiger partial charge in [0.15, 0.2) is 0 Å². The van der Waals surface area contributed by atoms with Crippen LogP contribution < -0.4 is 20.4 Å². The first-order chi connectivity index (χ1) is 58.4. The highest BCUT2D eigenvalue weighted by molar-refractivity contribution is 9.15. The summed E-state index contributed by atoms with van der Waals surface area (Å²) in [5.41, 5.74) is 45.1. The summed E-state index contributed by atoms with van der Waals surface area (Å²) in [4.78, 5) is 8.05. The fourth-order valence-electron chi connectivity index (χ4n) is 23.3. The quantitative estimate of drug-likeness (QED) is 0.161. The van der Waals surface area contributed by atoms with Gasteiger partial charge in [0.1, 0.15) is 0 Å². The maximum Gasteiger partial charge on any atom is 0.0540 e. The Morgan fingerprint density at radius 2 is 0.714 bits per heavy atom. The average Bonchev–Trinajstić information content (AvgIpc) is 1.53. The lowest BCUT2D eigenvalue weighted by Gasteiger charge is -2.50. The van der Waals surface area contributed by atoms with Crippen LogP contribution >= 0.6 is 27.5 Å². The van der Waals surface area contributed by atoms with Crippen molar-refractivity contribution in [1.82, 2.24) is 0 Å². The van der Waals surface area contributed by atoms with Crippen molar-refractivity contribution in [3.63, 3.8) is 0 Å². The van der Waals surface area contributed by atoms with Gasteiger partial charge in [0, 0.05) is 82.0 Å². The van der Waals surface area contributed by atoms with Crippen LogP contribution in [-0.4, -0.2) is 11.1 Å². The largest absolute Gasteiger partial charge is 0.398 e. The molecule has 0 amide bonds. The summed E-state index contributed by atoms with van der Waals surface area (Å²) in [5.74, 6) is 0. The minimum absolute atomic E-state index is 0.000150. The Morgan fingerprint density at radius 1 is 0.341 bits per heavy atom. The second-order valence-electron chi connectivity index (χ2n) is 48.3. The van der Waals surface area contributed by atoms with Gasteiger partial charge in [0.2, 0.25) is 0 Å². The van der Waals surface area contributed by atoms with E-state index in [1.54, 1.807) is 11.1 Å². The van der Waals surface area contributed by atoms with Gasteiger partial charge in [-0.15, -0.1) is 0 Å². The third-order valence-corrected chi connectivity index (χ3v) is 33.0. The molecule has 4 atom stereocenters. The molecule has 8 aliphatic rings. The molecule has 0 radical (unpaired) electrons. The predicted octanol–water partition coefficient (Wildman–Crippen LogP) is 34.8. The van der Waals surface area contributed by atoms with E-state index >= 15 is 0 Å². The molecule has 2 aliphatic heterocycles. The highest BCUT2D eigenvalue weighted by atomic mass is 79.9. The Balaban J connectivity index is 0.000000155. The molecule has 664 valence electrons. The second-order valence-corrected chi connectivity index (χ2v) is 49.6. The molecule has 2 heterocycles. The number of fused-ring (bicyclic) bond motifs is 10. The molecule has 18 rings (SSSR count). The zero-order chi connectivity index (χ0) is 91.6. The van der Waals surface area contributed by atoms with Gasteiger partial charge >= 0.3 is 0 Å². The van der Waals surface area contributed by atoms with Gasteiger partial charge < -0.3 is 20.4 Å². The van der Waals surface area contributed by atoms with E-state index in [1.807, 2.05) is 30.3 Å². The molecule has 0 aromatic heterocycles. The number of halogens is 2. The Kier molecular flexibility index (Phi) is 23.5. The number of allylic oxidation sites excluding steroid dienone is 2. The first-order valence-electron chi connectivity index (χ1n) is 47.7. The second kappa shape index (κ2) is 32.0. The normalized spacial score (nSPS) is 22.8. The molecule has 4 nitrogen and oxygen atoms in total. The van der Waals surface area contributed by atoms with Crippen molar-refractivity contribution in [3.8, 4) is 22.3 Å². The van der Waals surface area contributed by atoms with Crippen LogP contribution in [0.25, 0.3) is 32.4 Å². The van der Waals surface area contributed by atoms with Gasteiger partial charge in [-0.25, -0.2) is 0 Å². The van der Waals surface area contributed by atoms with Crippen molar-refractivity contribution in [1.29, 1.82) is 0 Å². The molecule has 6 heteroatoms. The minimum Gasteiger partial charge on any atom is -0.398 e. The number of anilines is 7. The lowest BCUT2D eigenvalue weighted by atomic mass is 9.61. The number of hydrogen-bond acceptors (Lipinski definition) is 4. The van der Waals surface area contributed by atoms with E-state index in [0.717, 1.165) is 16.3 Å². The first-order valence-corrected chi connectivity index (χ1v) is 48.9. The molecular weight excluding hydrogens is 1610 g/mol. The summed E-state index contributed by atoms with van der Waals surface area (Å²) in [6.45, 7) is 71.2. The van der Waals surface area contributed by atoms with Crippen LogP contribution in [0.2, 0.25) is 5.02 Å². The van der Waals surface area contributed by atoms with E-state index in [2.05, 4.69) is 414 Å². The molecule has 0 bridgehead atoms. The zero-order valence-electron chi connectivity index (χ0n) is 82.8. The lowest BCUT2D eigenvalue weighted by molar-refractivity contribution is 0.194. The molecule has 126 heavy (non-hydrogen) atoms. The van der Waals surface area contributed by atoms with Crippen molar-refractivity contribution in [2.75, 3.05) is 20.4 Å². The molecule has 2 N–H and O–H groups in total. The summed E-state index contributed by atoms with van der Waals surface area (Å²) < 4.78 is 1.26. The Bertz CT molecular complexity index is 5910. The van der Waals surface area contributed by atoms with Crippen LogP contribution in [0, 0.1) is 13.8 Å². The monoisotopic (exact) mass is 1760 g/mol. The van der Waals surface area contributed by atoms with Gasteiger partial charge in [-0.2, -0.15) is 0 Å². The van der Waals surface area contributed by atoms with Crippen LogP contribution in [0.3, 0.4) is 0 Å². The number of benzene rings is 10. The molecule has 0 saturated heterocycles. The Morgan fingerprint density at radius 3 is 1.17 bits per heavy atom. The standard InChI is InChI=1S/C60H74N2.C25H32ClN.C19H25Br.C16H19N/c1-39-31-43(35-44(32-39)62-52-26-24-42(55(5,6)7)34-50(52)59(14)27-19-20-28-60(59,62)15)61(51-25-23-41(54(2,3)4)33-45(51)40-21-17-16-18-22-40)53-38-58(12,13)47-37-49-48(36-46(47)53)56(8,9)29-30-57(49,10)11;1-17-13-19(26)16-20(14-17)27-22-10-9-18(23(2,3)4)15-21(22)24(5)11-7-8-12-25(24,27)6;1-17(2)7-8-18(3,4)15-10-13-12(9-14(15)17)16(20)11-19(13,5)6;1-16(2,3)13-9-10-15(17)14(11-13)12-7-5-4-6-8-12/h16-18,21-26,31-38H,19-20,27-30H2,1-15H3;9-10,13-16H,7-8,11-12H2,1-6H3;9-11H,7-8H2,1-6H3;4-11H,17H2,1-3H3. The lowest BCUT2D eigenvalue weighted by Crippen LogP contribution is -2.54. The molecule has 2 saturated carbocycles. The molecule has 10 aromatic carbocycles. The summed E-state index contributed by atoms with van der Waals surface area (Å²) in [6, 6.07) is 73.8. The molecule has 4 unspecified atom stereocenters. The molecule has 6 aliphatic carbocycles. The topological polar surface area (TPSA) is 35.7 Å². The smallest absolute Gasteiger partial charge is 0.0540 e. The van der Waals surface area contributed by atoms with Gasteiger partial charge in [-0.1, -0.05) is 349 Å². The average molecular weight is 1760 g/mol. The zero-order valence-corrected chi connectivity index (χ0v) is 85.1. The Labute approximate surface area is 775 Å². The van der Waals surface area contributed by atoms with Gasteiger partial charge in [0.25, 0.3) is 0 Å². The van der Waals surface area contributed by atoms with Crippen LogP contribution in [-0.2, 0) is 65.0 Å². The highest BCUT2D eigenvalue weighted by Crippen LogP contribution is 2.65. The number of nitrogens with two attached hydrogens (primary N) is 1. The van der Waals surface area contributed by atoms with Crippen LogP contribution in [0.15, 0.2) is 206 Å². The minimum atomic E-state index is -0.156. The molecule has 2 fully saturated rings. The van der Waals surface area contributed by atoms with E-state index in [9.17, 15) is 0 Å². The van der Waals surface area contributed by atoms with Crippen molar-refractivity contribution in [3.05, 3.63) is 300 Å². The van der Waals surface area contributed by atoms with Crippen molar-refractivity contribution in [2.45, 2.75) is 361 Å². The van der Waals surface area contributed by atoms with E-state index in [-0.39, 0.29) is 65.2 Å². The van der Waals surface area contributed by atoms with Gasteiger partial charge in [-0.05, 0) is 308 Å². The third kappa shape index (κ3) is 16.5. The van der Waals surface area contributed by atoms with Crippen LogP contribution in [0.4, 0.5) is 39.8 Å². The maximum absolute atomic E-state index is 6.47. The van der Waals surface area contributed by atoms with Crippen LogP contribution in [0.1, 0.15) is 360 Å². The van der Waals surface area contributed by atoms with E-state index < -0.39 is 0 Å². The summed E-state index contributed by atoms with van der Waals surface area (Å²) in [5, 5.41) is 0.825. The van der Waals surface area contributed by atoms with E-state index in [1.165, 1.54) is 216 Å². The maximum atomic E-state index is 6.47. The fourth-order valence-corrected chi connectivity index (χ4v) is 24.4. The van der Waals surface area contributed by atoms with Crippen molar-refractivity contribution in [2.24, 2.45) is 0 Å². The number of rotatable bonds is 7. The summed E-state index contributed by atoms with van der Waals surface area (Å²) in [6.07, 6.45) is 19.9. The van der Waals surface area contributed by atoms with Crippen LogP contribution in [0.5, 0.6) is 0 Å². The molecular formula is C120H150BrClN4. The number of hydrogen-bond donors (Lipinski definition) is 1. The van der Waals surface area contributed by atoms with E-state index in [0.29, 0.717) is 10.8 Å². The molecule has 10 aromatic rings. The predicted molar refractivity (Wildman–Crippen MR) is 552 cm³/mol. The fraction of sp³-hybridized carbons (Fsp3) is 0.467. The Hall–Kier alpha value is -8.35. The van der Waals surface area contributed by atoms with Gasteiger partial charge in [-0.3, -0.25) is 0 Å². The third-order valence-electron chi connectivity index (χ3n) is 32.1. The summed E-state index contributed by atoms with van der Waals surface area (Å²) >= 11 is 10.2. The number of aryl methyl sites for hydroxylation is 2. The summed E-state index contributed by atoms with van der Waals surface area (Å²) in [7, 11) is 0. The first kappa shape index (κ1) is 92.4. The van der Waals surface area contributed by atoms with Gasteiger partial charge in [0.05, 0.1) is 22.5 Å². The van der Waals surface area contributed by atoms with E-state index in [4.69, 9.17) is 17.3 Å².